The smallest absolute Gasteiger partial charge is 0.309 e. The number of carbonyl (C=O) groups excluding carboxylic acids is 1. The highest BCUT2D eigenvalue weighted by atomic mass is 79.9. The molecule has 0 aliphatic carbocycles. The fourth-order valence-electron chi connectivity index (χ4n) is 2.65. The molecule has 1 heterocycles. The lowest BCUT2D eigenvalue weighted by molar-refractivity contribution is -0.148. The predicted molar refractivity (Wildman–Crippen MR) is 86.8 cm³/mol. The van der Waals surface area contributed by atoms with Gasteiger partial charge in [-0.2, -0.15) is 0 Å². The number of benzene rings is 1. The number of rotatable bonds is 4. The Morgan fingerprint density at radius 2 is 2.10 bits per heavy atom. The molecule has 6 heteroatoms. The molecule has 1 aromatic carbocycles. The van der Waals surface area contributed by atoms with Gasteiger partial charge in [0, 0.05) is 10.4 Å². The number of esters is 1. The molecular formula is C15H17BrCl2O3. The number of halogens is 3. The Hall–Kier alpha value is -0.290. The topological polar surface area (TPSA) is 46.5 Å². The Kier molecular flexibility index (Phi) is 5.58. The lowest BCUT2D eigenvalue weighted by Gasteiger charge is -2.29. The van der Waals surface area contributed by atoms with Gasteiger partial charge in [-0.1, -0.05) is 35.0 Å². The van der Waals surface area contributed by atoms with Crippen molar-refractivity contribution in [2.45, 2.75) is 43.2 Å². The third-order valence-electron chi connectivity index (χ3n) is 3.94. The first-order valence-electron chi connectivity index (χ1n) is 6.74. The van der Waals surface area contributed by atoms with E-state index < -0.39 is 23.0 Å². The van der Waals surface area contributed by atoms with Gasteiger partial charge in [-0.25, -0.2) is 0 Å². The van der Waals surface area contributed by atoms with Crippen LogP contribution in [0.4, 0.5) is 0 Å². The van der Waals surface area contributed by atoms with Crippen LogP contribution in [0.3, 0.4) is 0 Å². The number of hydrogen-bond donors (Lipinski definition) is 1. The molecule has 0 radical (unpaired) electrons. The molecule has 0 amide bonds. The number of carbonyl (C=O) groups is 1. The standard InChI is InChI=1S/C15H17BrCl2O3/c1-7-6-11(21-15(7)20)13(19)12(14(17)18)9-4-3-5-10(16)8(9)2/h3-5,7,11-14,19H,6H2,1-2H3/t7-,11+,12-,13+/m0/s1. The average molecular weight is 396 g/mol. The van der Waals surface area contributed by atoms with Crippen molar-refractivity contribution < 1.29 is 14.6 Å². The molecule has 116 valence electrons. The van der Waals surface area contributed by atoms with Crippen LogP contribution in [-0.2, 0) is 9.53 Å². The van der Waals surface area contributed by atoms with E-state index in [4.69, 9.17) is 27.9 Å². The third kappa shape index (κ3) is 3.55. The summed E-state index contributed by atoms with van der Waals surface area (Å²) < 4.78 is 6.16. The Labute approximate surface area is 142 Å². The van der Waals surface area contributed by atoms with Crippen molar-refractivity contribution in [2.24, 2.45) is 5.92 Å². The molecule has 1 N–H and O–H groups in total. The first-order chi connectivity index (χ1) is 9.82. The van der Waals surface area contributed by atoms with E-state index in [1.807, 2.05) is 25.1 Å². The molecule has 1 aliphatic heterocycles. The zero-order valence-corrected chi connectivity index (χ0v) is 14.8. The van der Waals surface area contributed by atoms with Gasteiger partial charge in [-0.15, -0.1) is 23.2 Å². The van der Waals surface area contributed by atoms with Gasteiger partial charge < -0.3 is 9.84 Å². The van der Waals surface area contributed by atoms with Crippen LogP contribution in [0.2, 0.25) is 0 Å². The van der Waals surface area contributed by atoms with Gasteiger partial charge in [0.1, 0.15) is 17.0 Å². The van der Waals surface area contributed by atoms with Gasteiger partial charge in [-0.05, 0) is 30.5 Å². The van der Waals surface area contributed by atoms with Crippen LogP contribution >= 0.6 is 39.1 Å². The maximum absolute atomic E-state index is 11.5. The molecular weight excluding hydrogens is 379 g/mol. The Morgan fingerprint density at radius 1 is 1.43 bits per heavy atom. The summed E-state index contributed by atoms with van der Waals surface area (Å²) in [5.74, 6) is -1.02. The summed E-state index contributed by atoms with van der Waals surface area (Å²) in [6.45, 7) is 3.71. The van der Waals surface area contributed by atoms with E-state index in [0.717, 1.165) is 15.6 Å². The van der Waals surface area contributed by atoms with Gasteiger partial charge >= 0.3 is 5.97 Å². The molecule has 1 fully saturated rings. The van der Waals surface area contributed by atoms with Crippen LogP contribution in [0.15, 0.2) is 22.7 Å². The van der Waals surface area contributed by atoms with E-state index in [9.17, 15) is 9.90 Å². The molecule has 4 atom stereocenters. The van der Waals surface area contributed by atoms with Crippen molar-refractivity contribution in [1.29, 1.82) is 0 Å². The summed E-state index contributed by atoms with van der Waals surface area (Å²) in [7, 11) is 0. The minimum absolute atomic E-state index is 0.210. The highest BCUT2D eigenvalue weighted by Gasteiger charge is 2.41. The first kappa shape index (κ1) is 17.1. The minimum atomic E-state index is -0.938. The number of hydrogen-bond acceptors (Lipinski definition) is 3. The molecule has 0 saturated carbocycles. The molecule has 0 bridgehead atoms. The van der Waals surface area contributed by atoms with Gasteiger partial charge in [0.15, 0.2) is 0 Å². The number of ether oxygens (including phenoxy) is 1. The summed E-state index contributed by atoms with van der Waals surface area (Å²) >= 11 is 15.7. The molecule has 21 heavy (non-hydrogen) atoms. The second-order valence-electron chi connectivity index (χ2n) is 5.42. The molecule has 1 saturated heterocycles. The molecule has 3 nitrogen and oxygen atoms in total. The summed E-state index contributed by atoms with van der Waals surface area (Å²) in [4.78, 5) is 10.7. The zero-order chi connectivity index (χ0) is 15.7. The van der Waals surface area contributed by atoms with Crippen molar-refractivity contribution in [1.82, 2.24) is 0 Å². The van der Waals surface area contributed by atoms with E-state index in [1.165, 1.54) is 0 Å². The van der Waals surface area contributed by atoms with Crippen LogP contribution in [0.1, 0.15) is 30.4 Å². The zero-order valence-electron chi connectivity index (χ0n) is 11.7. The minimum Gasteiger partial charge on any atom is -0.459 e. The summed E-state index contributed by atoms with van der Waals surface area (Å²) in [6.07, 6.45) is -1.04. The molecule has 1 aromatic rings. The van der Waals surface area contributed by atoms with Crippen molar-refractivity contribution in [3.8, 4) is 0 Å². The molecule has 0 spiro atoms. The van der Waals surface area contributed by atoms with E-state index >= 15 is 0 Å². The fraction of sp³-hybridized carbons (Fsp3) is 0.533. The summed E-state index contributed by atoms with van der Waals surface area (Å²) in [5, 5.41) is 10.6. The highest BCUT2D eigenvalue weighted by Crippen LogP contribution is 2.38. The second kappa shape index (κ2) is 6.86. The second-order valence-corrected chi connectivity index (χ2v) is 7.44. The number of aliphatic hydroxyl groups excluding tert-OH is 1. The van der Waals surface area contributed by atoms with Crippen molar-refractivity contribution in [3.63, 3.8) is 0 Å². The van der Waals surface area contributed by atoms with Crippen LogP contribution in [0, 0.1) is 12.8 Å². The van der Waals surface area contributed by atoms with Crippen LogP contribution in [0.25, 0.3) is 0 Å². The highest BCUT2D eigenvalue weighted by molar-refractivity contribution is 9.10. The largest absolute Gasteiger partial charge is 0.459 e. The van der Waals surface area contributed by atoms with Crippen molar-refractivity contribution in [3.05, 3.63) is 33.8 Å². The van der Waals surface area contributed by atoms with Gasteiger partial charge in [-0.3, -0.25) is 4.79 Å². The quantitative estimate of drug-likeness (QED) is 0.619. The molecule has 0 aromatic heterocycles. The van der Waals surface area contributed by atoms with Crippen LogP contribution in [0.5, 0.6) is 0 Å². The summed E-state index contributed by atoms with van der Waals surface area (Å²) in [5.41, 5.74) is 1.81. The monoisotopic (exact) mass is 394 g/mol. The Balaban J connectivity index is 2.31. The van der Waals surface area contributed by atoms with Gasteiger partial charge in [0.25, 0.3) is 0 Å². The van der Waals surface area contributed by atoms with E-state index in [-0.39, 0.29) is 11.9 Å². The third-order valence-corrected chi connectivity index (χ3v) is 5.35. The number of alkyl halides is 2. The predicted octanol–water partition coefficient (Wildman–Crippen LogP) is 3.96. The maximum atomic E-state index is 11.5. The van der Waals surface area contributed by atoms with Gasteiger partial charge in [0.05, 0.1) is 5.92 Å². The SMILES string of the molecule is Cc1c(Br)cccc1[C@H](C(Cl)Cl)[C@H](O)[C@H]1C[C@H](C)C(=O)O1. The van der Waals surface area contributed by atoms with Crippen molar-refractivity contribution >= 4 is 45.1 Å². The Morgan fingerprint density at radius 3 is 2.62 bits per heavy atom. The maximum Gasteiger partial charge on any atom is 0.309 e. The molecule has 0 unspecified atom stereocenters. The van der Waals surface area contributed by atoms with Gasteiger partial charge in [0.2, 0.25) is 0 Å². The van der Waals surface area contributed by atoms with E-state index in [1.54, 1.807) is 6.92 Å². The van der Waals surface area contributed by atoms with Crippen LogP contribution in [-0.4, -0.2) is 28.1 Å². The average Bonchev–Trinajstić information content (AvgIpc) is 2.74. The number of cyclic esters (lactones) is 1. The van der Waals surface area contributed by atoms with Crippen LogP contribution < -0.4 is 0 Å². The van der Waals surface area contributed by atoms with E-state index in [0.29, 0.717) is 6.42 Å². The fourth-order valence-corrected chi connectivity index (χ4v) is 3.60. The Bertz CT molecular complexity index is 536. The van der Waals surface area contributed by atoms with Crippen molar-refractivity contribution in [2.75, 3.05) is 0 Å². The van der Waals surface area contributed by atoms with E-state index in [2.05, 4.69) is 15.9 Å². The molecule has 2 rings (SSSR count). The lowest BCUT2D eigenvalue weighted by atomic mass is 9.87. The number of aliphatic hydroxyl groups is 1. The lowest BCUT2D eigenvalue weighted by Crippen LogP contribution is -2.35. The normalized spacial score (nSPS) is 25.0. The first-order valence-corrected chi connectivity index (χ1v) is 8.41. The summed E-state index contributed by atoms with van der Waals surface area (Å²) in [6, 6.07) is 5.66. The molecule has 1 aliphatic rings.